The van der Waals surface area contributed by atoms with E-state index in [2.05, 4.69) is 23.1 Å². The lowest BCUT2D eigenvalue weighted by Crippen LogP contribution is -2.33. The van der Waals surface area contributed by atoms with Crippen molar-refractivity contribution in [1.82, 2.24) is 0 Å². The Bertz CT molecular complexity index is 425. The van der Waals surface area contributed by atoms with E-state index in [0.29, 0.717) is 12.3 Å². The van der Waals surface area contributed by atoms with Crippen molar-refractivity contribution in [3.63, 3.8) is 0 Å². The van der Waals surface area contributed by atoms with E-state index in [9.17, 15) is 0 Å². The highest BCUT2D eigenvalue weighted by molar-refractivity contribution is 5.49. The highest BCUT2D eigenvalue weighted by Crippen LogP contribution is 2.26. The van der Waals surface area contributed by atoms with Crippen molar-refractivity contribution in [2.24, 2.45) is 5.92 Å². The number of nitriles is 1. The fraction of sp³-hybridized carbons (Fsp3) is 0.562. The molecular formula is C16H22N2O. The van der Waals surface area contributed by atoms with Gasteiger partial charge in [0.1, 0.15) is 5.75 Å². The van der Waals surface area contributed by atoms with Crippen LogP contribution in [0, 0.1) is 17.2 Å². The number of piperidine rings is 1. The van der Waals surface area contributed by atoms with Gasteiger partial charge < -0.3 is 9.64 Å². The third-order valence-corrected chi connectivity index (χ3v) is 3.57. The van der Waals surface area contributed by atoms with Crippen molar-refractivity contribution >= 4 is 5.69 Å². The van der Waals surface area contributed by atoms with Crippen LogP contribution in [0.25, 0.3) is 0 Å². The maximum Gasteiger partial charge on any atom is 0.119 e. The third-order valence-electron chi connectivity index (χ3n) is 3.57. The van der Waals surface area contributed by atoms with E-state index in [1.165, 1.54) is 5.69 Å². The molecule has 0 amide bonds. The van der Waals surface area contributed by atoms with E-state index in [4.69, 9.17) is 10.00 Å². The largest absolute Gasteiger partial charge is 0.491 e. The quantitative estimate of drug-likeness (QED) is 0.827. The average molecular weight is 258 g/mol. The molecular weight excluding hydrogens is 236 g/mol. The summed E-state index contributed by atoms with van der Waals surface area (Å²) in [6.45, 7) is 6.18. The van der Waals surface area contributed by atoms with Gasteiger partial charge in [-0.1, -0.05) is 0 Å². The Morgan fingerprint density at radius 3 is 2.42 bits per heavy atom. The first kappa shape index (κ1) is 13.7. The monoisotopic (exact) mass is 258 g/mol. The summed E-state index contributed by atoms with van der Waals surface area (Å²) in [7, 11) is 0. The molecule has 0 atom stereocenters. The van der Waals surface area contributed by atoms with Gasteiger partial charge in [0.25, 0.3) is 0 Å². The number of anilines is 1. The minimum atomic E-state index is 0.215. The van der Waals surface area contributed by atoms with Crippen LogP contribution in [0.3, 0.4) is 0 Å². The molecule has 1 aromatic rings. The van der Waals surface area contributed by atoms with Gasteiger partial charge in [-0.3, -0.25) is 0 Å². The van der Waals surface area contributed by atoms with Crippen molar-refractivity contribution in [2.75, 3.05) is 18.0 Å². The number of ether oxygens (including phenoxy) is 1. The molecule has 0 aromatic heterocycles. The van der Waals surface area contributed by atoms with Gasteiger partial charge in [-0.15, -0.1) is 0 Å². The predicted molar refractivity (Wildman–Crippen MR) is 77.4 cm³/mol. The number of rotatable bonds is 4. The van der Waals surface area contributed by atoms with Crippen LogP contribution < -0.4 is 9.64 Å². The third kappa shape index (κ3) is 3.89. The Kier molecular flexibility index (Phi) is 4.68. The zero-order valence-electron chi connectivity index (χ0n) is 11.8. The van der Waals surface area contributed by atoms with Gasteiger partial charge in [-0.25, -0.2) is 0 Å². The summed E-state index contributed by atoms with van der Waals surface area (Å²) in [5, 5.41) is 8.73. The summed E-state index contributed by atoms with van der Waals surface area (Å²) in [5.74, 6) is 1.52. The van der Waals surface area contributed by atoms with Crippen molar-refractivity contribution in [1.29, 1.82) is 5.26 Å². The van der Waals surface area contributed by atoms with Gasteiger partial charge in [-0.05, 0) is 56.9 Å². The molecule has 1 aliphatic heterocycles. The zero-order chi connectivity index (χ0) is 13.7. The molecule has 1 fully saturated rings. The molecule has 3 heteroatoms. The zero-order valence-corrected chi connectivity index (χ0v) is 11.8. The minimum Gasteiger partial charge on any atom is -0.491 e. The van der Waals surface area contributed by atoms with Crippen molar-refractivity contribution in [3.8, 4) is 11.8 Å². The summed E-state index contributed by atoms with van der Waals surface area (Å²) >= 11 is 0. The summed E-state index contributed by atoms with van der Waals surface area (Å²) in [6, 6.07) is 10.6. The number of benzene rings is 1. The first-order valence-electron chi connectivity index (χ1n) is 7.07. The summed E-state index contributed by atoms with van der Waals surface area (Å²) in [5.41, 5.74) is 1.26. The molecule has 3 nitrogen and oxygen atoms in total. The SMILES string of the molecule is CC(C)Oc1ccc(N2CCC(CC#N)CC2)cc1. The van der Waals surface area contributed by atoms with E-state index in [1.54, 1.807) is 0 Å². The number of nitrogens with zero attached hydrogens (tertiary/aromatic N) is 2. The molecule has 0 N–H and O–H groups in total. The Hall–Kier alpha value is -1.69. The van der Waals surface area contributed by atoms with E-state index >= 15 is 0 Å². The van der Waals surface area contributed by atoms with Crippen LogP contribution in [0.5, 0.6) is 5.75 Å². The first-order chi connectivity index (χ1) is 9.19. The lowest BCUT2D eigenvalue weighted by atomic mass is 9.94. The summed E-state index contributed by atoms with van der Waals surface area (Å²) in [4.78, 5) is 2.40. The van der Waals surface area contributed by atoms with Crippen LogP contribution in [0.2, 0.25) is 0 Å². The predicted octanol–water partition coefficient (Wildman–Crippen LogP) is 3.60. The standard InChI is InChI=1S/C16H22N2O/c1-13(2)19-16-5-3-15(4-6-16)18-11-8-14(7-10-17)9-12-18/h3-6,13-14H,7-9,11-12H2,1-2H3. The van der Waals surface area contributed by atoms with E-state index in [1.807, 2.05) is 26.0 Å². The normalized spacial score (nSPS) is 16.4. The van der Waals surface area contributed by atoms with Gasteiger partial charge in [0, 0.05) is 25.2 Å². The van der Waals surface area contributed by atoms with Crippen LogP contribution in [0.15, 0.2) is 24.3 Å². The summed E-state index contributed by atoms with van der Waals surface area (Å²) in [6.07, 6.45) is 3.16. The van der Waals surface area contributed by atoms with Crippen LogP contribution in [-0.2, 0) is 0 Å². The molecule has 0 bridgehead atoms. The molecule has 1 aromatic carbocycles. The second-order valence-electron chi connectivity index (χ2n) is 5.45. The molecule has 1 saturated heterocycles. The first-order valence-corrected chi connectivity index (χ1v) is 7.07. The number of hydrogen-bond acceptors (Lipinski definition) is 3. The Morgan fingerprint density at radius 1 is 1.26 bits per heavy atom. The maximum absolute atomic E-state index is 8.73. The van der Waals surface area contributed by atoms with Crippen LogP contribution in [-0.4, -0.2) is 19.2 Å². The fourth-order valence-electron chi connectivity index (χ4n) is 2.53. The fourth-order valence-corrected chi connectivity index (χ4v) is 2.53. The van der Waals surface area contributed by atoms with Crippen LogP contribution in [0.1, 0.15) is 33.1 Å². The van der Waals surface area contributed by atoms with Gasteiger partial charge >= 0.3 is 0 Å². The van der Waals surface area contributed by atoms with Crippen LogP contribution in [0.4, 0.5) is 5.69 Å². The van der Waals surface area contributed by atoms with E-state index in [-0.39, 0.29) is 6.10 Å². The van der Waals surface area contributed by atoms with E-state index in [0.717, 1.165) is 31.7 Å². The minimum absolute atomic E-state index is 0.215. The lowest BCUT2D eigenvalue weighted by Gasteiger charge is -2.32. The average Bonchev–Trinajstić information content (AvgIpc) is 2.40. The lowest BCUT2D eigenvalue weighted by molar-refractivity contribution is 0.242. The van der Waals surface area contributed by atoms with Crippen molar-refractivity contribution < 1.29 is 4.74 Å². The highest BCUT2D eigenvalue weighted by atomic mass is 16.5. The van der Waals surface area contributed by atoms with Gasteiger partial charge in [0.15, 0.2) is 0 Å². The van der Waals surface area contributed by atoms with Gasteiger partial charge in [0.2, 0.25) is 0 Å². The molecule has 0 saturated carbocycles. The van der Waals surface area contributed by atoms with Crippen molar-refractivity contribution in [3.05, 3.63) is 24.3 Å². The molecule has 0 radical (unpaired) electrons. The Labute approximate surface area is 115 Å². The maximum atomic E-state index is 8.73. The second kappa shape index (κ2) is 6.47. The smallest absolute Gasteiger partial charge is 0.119 e. The second-order valence-corrected chi connectivity index (χ2v) is 5.45. The topological polar surface area (TPSA) is 36.3 Å². The van der Waals surface area contributed by atoms with Crippen LogP contribution >= 0.6 is 0 Å². The van der Waals surface area contributed by atoms with Gasteiger partial charge in [-0.2, -0.15) is 5.26 Å². The number of hydrogen-bond donors (Lipinski definition) is 0. The molecule has 1 aliphatic rings. The highest BCUT2D eigenvalue weighted by Gasteiger charge is 2.19. The molecule has 1 heterocycles. The summed E-state index contributed by atoms with van der Waals surface area (Å²) < 4.78 is 5.65. The molecule has 2 rings (SSSR count). The molecule has 102 valence electrons. The van der Waals surface area contributed by atoms with E-state index < -0.39 is 0 Å². The Balaban J connectivity index is 1.91. The molecule has 0 unspecified atom stereocenters. The molecule has 0 aliphatic carbocycles. The van der Waals surface area contributed by atoms with Crippen molar-refractivity contribution in [2.45, 2.75) is 39.2 Å². The Morgan fingerprint density at radius 2 is 1.89 bits per heavy atom. The van der Waals surface area contributed by atoms with Gasteiger partial charge in [0.05, 0.1) is 12.2 Å². The molecule has 0 spiro atoms. The molecule has 19 heavy (non-hydrogen) atoms.